The molecule has 0 aliphatic carbocycles. The van der Waals surface area contributed by atoms with Crippen LogP contribution >= 0.6 is 11.6 Å². The van der Waals surface area contributed by atoms with E-state index in [0.29, 0.717) is 46.4 Å². The first-order chi connectivity index (χ1) is 12.0. The Kier molecular flexibility index (Phi) is 5.06. The van der Waals surface area contributed by atoms with Crippen molar-refractivity contribution in [1.29, 1.82) is 0 Å². The van der Waals surface area contributed by atoms with E-state index in [-0.39, 0.29) is 11.8 Å². The van der Waals surface area contributed by atoms with Gasteiger partial charge in [-0.3, -0.25) is 9.59 Å². The van der Waals surface area contributed by atoms with Gasteiger partial charge < -0.3 is 20.1 Å². The Morgan fingerprint density at radius 1 is 1.28 bits per heavy atom. The maximum absolute atomic E-state index is 12.5. The molecule has 1 aromatic carbocycles. The van der Waals surface area contributed by atoms with Crippen LogP contribution in [0.4, 0.5) is 5.69 Å². The highest BCUT2D eigenvalue weighted by atomic mass is 35.5. The average Bonchev–Trinajstić information content (AvgIpc) is 2.94. The second-order valence-corrected chi connectivity index (χ2v) is 6.30. The number of hydrogen-bond acceptors (Lipinski definition) is 5. The van der Waals surface area contributed by atoms with Crippen molar-refractivity contribution in [2.24, 2.45) is 0 Å². The summed E-state index contributed by atoms with van der Waals surface area (Å²) in [5.41, 5.74) is 1.86. The Labute approximate surface area is 150 Å². The van der Waals surface area contributed by atoms with E-state index >= 15 is 0 Å². The lowest BCUT2D eigenvalue weighted by molar-refractivity contribution is 0.0736. The number of anilines is 1. The molecule has 0 unspecified atom stereocenters. The monoisotopic (exact) mass is 362 g/mol. The third-order valence-electron chi connectivity index (χ3n) is 4.12. The summed E-state index contributed by atoms with van der Waals surface area (Å²) in [4.78, 5) is 26.7. The topological polar surface area (TPSA) is 87.5 Å². The second kappa shape index (κ2) is 7.25. The van der Waals surface area contributed by atoms with Gasteiger partial charge in [-0.05, 0) is 32.0 Å². The summed E-state index contributed by atoms with van der Waals surface area (Å²) in [6.07, 6.45) is 0. The van der Waals surface area contributed by atoms with E-state index in [9.17, 15) is 9.59 Å². The van der Waals surface area contributed by atoms with Crippen molar-refractivity contribution in [1.82, 2.24) is 15.4 Å². The Hall–Kier alpha value is -2.38. The quantitative estimate of drug-likeness (QED) is 0.874. The molecule has 25 heavy (non-hydrogen) atoms. The molecular weight excluding hydrogens is 344 g/mol. The molecule has 2 heterocycles. The molecule has 1 saturated heterocycles. The third-order valence-corrected chi connectivity index (χ3v) is 4.43. The van der Waals surface area contributed by atoms with E-state index < -0.39 is 0 Å². The number of rotatable bonds is 3. The van der Waals surface area contributed by atoms with Gasteiger partial charge in [-0.15, -0.1) is 0 Å². The van der Waals surface area contributed by atoms with Crippen LogP contribution < -0.4 is 10.6 Å². The van der Waals surface area contributed by atoms with Gasteiger partial charge in [0, 0.05) is 31.9 Å². The maximum Gasteiger partial charge on any atom is 0.261 e. The highest BCUT2D eigenvalue weighted by molar-refractivity contribution is 6.34. The van der Waals surface area contributed by atoms with E-state index in [4.69, 9.17) is 16.1 Å². The minimum Gasteiger partial charge on any atom is -0.361 e. The number of nitrogens with zero attached hydrogens (tertiary/aromatic N) is 2. The SMILES string of the molecule is Cc1noc(C)c1C(=O)Nc1ccc(C(=O)N2CCNCC2)c(Cl)c1. The van der Waals surface area contributed by atoms with Crippen LogP contribution in [-0.4, -0.2) is 48.0 Å². The van der Waals surface area contributed by atoms with E-state index in [1.807, 2.05) is 0 Å². The number of piperazine rings is 1. The molecular formula is C17H19ClN4O3. The number of aryl methyl sites for hydroxylation is 2. The summed E-state index contributed by atoms with van der Waals surface area (Å²) in [6, 6.07) is 4.88. The molecule has 0 radical (unpaired) electrons. The molecule has 7 nitrogen and oxygen atoms in total. The third kappa shape index (κ3) is 3.67. The van der Waals surface area contributed by atoms with Crippen LogP contribution in [0.1, 0.15) is 32.2 Å². The summed E-state index contributed by atoms with van der Waals surface area (Å²) in [5.74, 6) is 0.0233. The molecule has 8 heteroatoms. The van der Waals surface area contributed by atoms with Gasteiger partial charge in [-0.25, -0.2) is 0 Å². The zero-order chi connectivity index (χ0) is 18.0. The highest BCUT2D eigenvalue weighted by Gasteiger charge is 2.21. The van der Waals surface area contributed by atoms with Crippen LogP contribution in [0.5, 0.6) is 0 Å². The standard InChI is InChI=1S/C17H19ClN4O3/c1-10-15(11(2)25-21-10)16(23)20-12-3-4-13(14(18)9-12)17(24)22-7-5-19-6-8-22/h3-4,9,19H,5-8H2,1-2H3,(H,20,23). The molecule has 1 aliphatic rings. The van der Waals surface area contributed by atoms with Gasteiger partial charge in [0.15, 0.2) is 0 Å². The Bertz CT molecular complexity index is 793. The lowest BCUT2D eigenvalue weighted by Crippen LogP contribution is -2.46. The number of amides is 2. The smallest absolute Gasteiger partial charge is 0.261 e. The molecule has 132 valence electrons. The van der Waals surface area contributed by atoms with Gasteiger partial charge in [0.05, 0.1) is 16.3 Å². The van der Waals surface area contributed by atoms with Crippen molar-refractivity contribution in [2.75, 3.05) is 31.5 Å². The van der Waals surface area contributed by atoms with Gasteiger partial charge in [-0.2, -0.15) is 0 Å². The number of aromatic nitrogens is 1. The van der Waals surface area contributed by atoms with E-state index in [0.717, 1.165) is 13.1 Å². The van der Waals surface area contributed by atoms with Crippen molar-refractivity contribution >= 4 is 29.1 Å². The van der Waals surface area contributed by atoms with E-state index in [2.05, 4.69) is 15.8 Å². The van der Waals surface area contributed by atoms with Crippen LogP contribution in [0.3, 0.4) is 0 Å². The van der Waals surface area contributed by atoms with Gasteiger partial charge in [0.2, 0.25) is 0 Å². The van der Waals surface area contributed by atoms with Gasteiger partial charge in [-0.1, -0.05) is 16.8 Å². The van der Waals surface area contributed by atoms with Crippen molar-refractivity contribution in [3.8, 4) is 0 Å². The Morgan fingerprint density at radius 3 is 2.60 bits per heavy atom. The molecule has 2 aromatic rings. The number of carbonyl (C=O) groups excluding carboxylic acids is 2. The molecule has 1 aromatic heterocycles. The predicted molar refractivity (Wildman–Crippen MR) is 94.2 cm³/mol. The highest BCUT2D eigenvalue weighted by Crippen LogP contribution is 2.24. The number of carbonyl (C=O) groups is 2. The summed E-state index contributed by atoms with van der Waals surface area (Å²) in [6.45, 7) is 6.23. The lowest BCUT2D eigenvalue weighted by Gasteiger charge is -2.27. The van der Waals surface area contributed by atoms with Crippen LogP contribution in [0.2, 0.25) is 5.02 Å². The molecule has 0 atom stereocenters. The first-order valence-corrected chi connectivity index (χ1v) is 8.39. The number of halogens is 1. The predicted octanol–water partition coefficient (Wildman–Crippen LogP) is 2.24. The van der Waals surface area contributed by atoms with Crippen LogP contribution in [0.25, 0.3) is 0 Å². The molecule has 2 amide bonds. The minimum atomic E-state index is -0.325. The largest absolute Gasteiger partial charge is 0.361 e. The van der Waals surface area contributed by atoms with Gasteiger partial charge >= 0.3 is 0 Å². The van der Waals surface area contributed by atoms with Gasteiger partial charge in [0.25, 0.3) is 11.8 Å². The first kappa shape index (κ1) is 17.4. The zero-order valence-corrected chi connectivity index (χ0v) is 14.8. The average molecular weight is 363 g/mol. The first-order valence-electron chi connectivity index (χ1n) is 8.01. The van der Waals surface area contributed by atoms with Crippen LogP contribution in [-0.2, 0) is 0 Å². The number of hydrogen-bond donors (Lipinski definition) is 2. The van der Waals surface area contributed by atoms with Crippen molar-refractivity contribution in [2.45, 2.75) is 13.8 Å². The molecule has 1 fully saturated rings. The summed E-state index contributed by atoms with van der Waals surface area (Å²) < 4.78 is 5.00. The van der Waals surface area contributed by atoms with Crippen LogP contribution in [0.15, 0.2) is 22.7 Å². The Balaban J connectivity index is 1.75. The minimum absolute atomic E-state index is 0.102. The molecule has 1 aliphatic heterocycles. The lowest BCUT2D eigenvalue weighted by atomic mass is 10.1. The molecule has 3 rings (SSSR count). The van der Waals surface area contributed by atoms with Crippen LogP contribution in [0, 0.1) is 13.8 Å². The molecule has 0 spiro atoms. The fraction of sp³-hybridized carbons (Fsp3) is 0.353. The molecule has 0 bridgehead atoms. The van der Waals surface area contributed by atoms with Crippen molar-refractivity contribution < 1.29 is 14.1 Å². The fourth-order valence-electron chi connectivity index (χ4n) is 2.81. The summed E-state index contributed by atoms with van der Waals surface area (Å²) in [5, 5.41) is 10.0. The van der Waals surface area contributed by atoms with E-state index in [1.54, 1.807) is 36.9 Å². The molecule has 0 saturated carbocycles. The van der Waals surface area contributed by atoms with Gasteiger partial charge in [0.1, 0.15) is 11.3 Å². The summed E-state index contributed by atoms with van der Waals surface area (Å²) in [7, 11) is 0. The second-order valence-electron chi connectivity index (χ2n) is 5.89. The number of nitrogens with one attached hydrogen (secondary N) is 2. The van der Waals surface area contributed by atoms with Crippen molar-refractivity contribution in [3.05, 3.63) is 45.8 Å². The molecule has 2 N–H and O–H groups in total. The normalized spacial score (nSPS) is 14.4. The zero-order valence-electron chi connectivity index (χ0n) is 14.1. The Morgan fingerprint density at radius 2 is 2.00 bits per heavy atom. The summed E-state index contributed by atoms with van der Waals surface area (Å²) >= 11 is 6.27. The van der Waals surface area contributed by atoms with E-state index in [1.165, 1.54) is 0 Å². The maximum atomic E-state index is 12.5. The van der Waals surface area contributed by atoms with Crippen molar-refractivity contribution in [3.63, 3.8) is 0 Å². The fourth-order valence-corrected chi connectivity index (χ4v) is 3.07. The number of benzene rings is 1.